The molecule has 146 valence electrons. The van der Waals surface area contributed by atoms with Gasteiger partial charge in [-0.3, -0.25) is 9.59 Å². The number of amides is 1. The maximum atomic E-state index is 12.9. The van der Waals surface area contributed by atoms with Crippen molar-refractivity contribution in [1.29, 1.82) is 0 Å². The van der Waals surface area contributed by atoms with E-state index in [2.05, 4.69) is 0 Å². The molecular weight excluding hydrogens is 343 g/mol. The molecule has 0 aromatic carbocycles. The lowest BCUT2D eigenvalue weighted by atomic mass is 9.61. The number of halogens is 3. The SMILES string of the molecule is CC1=CC2(CN(C(=O)CC3CCCC(C(F)(F)F)C3)C2)CC(C)(C)C1=O. The van der Waals surface area contributed by atoms with E-state index < -0.39 is 17.5 Å². The highest BCUT2D eigenvalue weighted by Gasteiger charge is 2.51. The van der Waals surface area contributed by atoms with Crippen molar-refractivity contribution < 1.29 is 22.8 Å². The standard InChI is InChI=1S/C20H28F3NO2/c1-13-9-19(10-18(2,3)17(13)26)11-24(12-19)16(25)8-14-5-4-6-15(7-14)20(21,22)23/h9,14-15H,4-8,10-12H2,1-3H3. The first-order valence-corrected chi connectivity index (χ1v) is 9.51. The van der Waals surface area contributed by atoms with Gasteiger partial charge in [0.2, 0.25) is 5.91 Å². The van der Waals surface area contributed by atoms with E-state index in [0.29, 0.717) is 25.9 Å². The number of Topliss-reactive ketones (excluding diaryl/α,β-unsaturated/α-hetero) is 1. The number of carbonyl (C=O) groups is 2. The average molecular weight is 371 g/mol. The van der Waals surface area contributed by atoms with Crippen molar-refractivity contribution in [1.82, 2.24) is 4.90 Å². The first kappa shape index (κ1) is 19.4. The summed E-state index contributed by atoms with van der Waals surface area (Å²) in [5.41, 5.74) is 0.198. The Labute approximate surface area is 153 Å². The summed E-state index contributed by atoms with van der Waals surface area (Å²) >= 11 is 0. The van der Waals surface area contributed by atoms with Crippen molar-refractivity contribution in [3.63, 3.8) is 0 Å². The number of likely N-dealkylation sites (tertiary alicyclic amines) is 1. The van der Waals surface area contributed by atoms with Crippen LogP contribution in [0.25, 0.3) is 0 Å². The molecule has 1 spiro atoms. The molecule has 0 aromatic rings. The summed E-state index contributed by atoms with van der Waals surface area (Å²) in [7, 11) is 0. The van der Waals surface area contributed by atoms with E-state index in [-0.39, 0.29) is 42.3 Å². The molecule has 1 heterocycles. The molecule has 3 aliphatic rings. The van der Waals surface area contributed by atoms with Crippen molar-refractivity contribution in [2.45, 2.75) is 65.5 Å². The molecule has 0 aromatic heterocycles. The Bertz CT molecular complexity index is 629. The van der Waals surface area contributed by atoms with Gasteiger partial charge in [-0.1, -0.05) is 26.3 Å². The topological polar surface area (TPSA) is 37.4 Å². The fraction of sp³-hybridized carbons (Fsp3) is 0.800. The van der Waals surface area contributed by atoms with Crippen LogP contribution in [-0.2, 0) is 9.59 Å². The number of rotatable bonds is 2. The predicted octanol–water partition coefficient (Wildman–Crippen LogP) is 4.52. The minimum Gasteiger partial charge on any atom is -0.341 e. The van der Waals surface area contributed by atoms with Crippen LogP contribution >= 0.6 is 0 Å². The summed E-state index contributed by atoms with van der Waals surface area (Å²) in [5.74, 6) is -1.30. The molecule has 1 saturated carbocycles. The second-order valence-corrected chi connectivity index (χ2v) is 9.30. The highest BCUT2D eigenvalue weighted by atomic mass is 19.4. The number of ketones is 1. The zero-order chi connectivity index (χ0) is 19.3. The summed E-state index contributed by atoms with van der Waals surface area (Å²) in [6.07, 6.45) is 0.314. The molecule has 1 amide bonds. The molecule has 1 saturated heterocycles. The maximum Gasteiger partial charge on any atom is 0.391 e. The fourth-order valence-corrected chi connectivity index (χ4v) is 5.31. The van der Waals surface area contributed by atoms with Gasteiger partial charge in [-0.25, -0.2) is 0 Å². The zero-order valence-corrected chi connectivity index (χ0v) is 15.8. The van der Waals surface area contributed by atoms with Gasteiger partial charge in [-0.05, 0) is 44.1 Å². The van der Waals surface area contributed by atoms with E-state index in [1.54, 1.807) is 4.90 Å². The van der Waals surface area contributed by atoms with Gasteiger partial charge < -0.3 is 4.90 Å². The Kier molecular flexibility index (Phi) is 4.77. The zero-order valence-electron chi connectivity index (χ0n) is 15.8. The number of alkyl halides is 3. The van der Waals surface area contributed by atoms with Crippen LogP contribution in [0.2, 0.25) is 0 Å². The van der Waals surface area contributed by atoms with Gasteiger partial charge in [0.1, 0.15) is 0 Å². The number of carbonyl (C=O) groups excluding carboxylic acids is 2. The lowest BCUT2D eigenvalue weighted by Crippen LogP contribution is -2.61. The summed E-state index contributed by atoms with van der Waals surface area (Å²) in [6.45, 7) is 6.87. The maximum absolute atomic E-state index is 12.9. The molecule has 0 bridgehead atoms. The smallest absolute Gasteiger partial charge is 0.341 e. The van der Waals surface area contributed by atoms with Crippen LogP contribution in [0.1, 0.15) is 59.3 Å². The molecule has 3 rings (SSSR count). The van der Waals surface area contributed by atoms with E-state index in [1.807, 2.05) is 26.8 Å². The molecule has 1 aliphatic heterocycles. The van der Waals surface area contributed by atoms with Crippen molar-refractivity contribution in [2.75, 3.05) is 13.1 Å². The van der Waals surface area contributed by atoms with Gasteiger partial charge in [-0.15, -0.1) is 0 Å². The van der Waals surface area contributed by atoms with E-state index in [0.717, 1.165) is 12.0 Å². The Morgan fingerprint density at radius 2 is 1.92 bits per heavy atom. The van der Waals surface area contributed by atoms with Gasteiger partial charge in [0.25, 0.3) is 0 Å². The van der Waals surface area contributed by atoms with E-state index in [9.17, 15) is 22.8 Å². The average Bonchev–Trinajstić information content (AvgIpc) is 2.49. The number of hydrogen-bond acceptors (Lipinski definition) is 2. The van der Waals surface area contributed by atoms with Gasteiger partial charge in [0, 0.05) is 30.3 Å². The summed E-state index contributed by atoms with van der Waals surface area (Å²) in [6, 6.07) is 0. The predicted molar refractivity (Wildman–Crippen MR) is 92.3 cm³/mol. The summed E-state index contributed by atoms with van der Waals surface area (Å²) < 4.78 is 38.8. The minimum atomic E-state index is -4.15. The molecule has 2 aliphatic carbocycles. The molecule has 2 unspecified atom stereocenters. The third-order valence-corrected chi connectivity index (χ3v) is 6.36. The molecule has 6 heteroatoms. The largest absolute Gasteiger partial charge is 0.391 e. The first-order chi connectivity index (χ1) is 11.9. The fourth-order valence-electron chi connectivity index (χ4n) is 5.31. The van der Waals surface area contributed by atoms with E-state index >= 15 is 0 Å². The molecule has 2 fully saturated rings. The quantitative estimate of drug-likeness (QED) is 0.716. The van der Waals surface area contributed by atoms with Crippen LogP contribution in [0.15, 0.2) is 11.6 Å². The van der Waals surface area contributed by atoms with Crippen LogP contribution < -0.4 is 0 Å². The third-order valence-electron chi connectivity index (χ3n) is 6.36. The summed E-state index contributed by atoms with van der Waals surface area (Å²) in [5, 5.41) is 0. The Morgan fingerprint density at radius 1 is 1.27 bits per heavy atom. The summed E-state index contributed by atoms with van der Waals surface area (Å²) in [4.78, 5) is 26.5. The number of hydrogen-bond donors (Lipinski definition) is 0. The van der Waals surface area contributed by atoms with Crippen molar-refractivity contribution in [3.05, 3.63) is 11.6 Å². The third kappa shape index (κ3) is 3.70. The first-order valence-electron chi connectivity index (χ1n) is 9.51. The van der Waals surface area contributed by atoms with Crippen LogP contribution in [0.4, 0.5) is 13.2 Å². The van der Waals surface area contributed by atoms with E-state index in [1.165, 1.54) is 0 Å². The van der Waals surface area contributed by atoms with Gasteiger partial charge >= 0.3 is 6.18 Å². The lowest BCUT2D eigenvalue weighted by molar-refractivity contribution is -0.186. The number of allylic oxidation sites excluding steroid dienone is 1. The van der Waals surface area contributed by atoms with Crippen LogP contribution in [-0.4, -0.2) is 35.9 Å². The molecule has 2 atom stereocenters. The molecule has 26 heavy (non-hydrogen) atoms. The monoisotopic (exact) mass is 371 g/mol. The van der Waals surface area contributed by atoms with Gasteiger partial charge in [0.15, 0.2) is 5.78 Å². The Morgan fingerprint density at radius 3 is 2.50 bits per heavy atom. The Hall–Kier alpha value is -1.33. The van der Waals surface area contributed by atoms with E-state index in [4.69, 9.17) is 0 Å². The van der Waals surface area contributed by atoms with Gasteiger partial charge in [0.05, 0.1) is 5.92 Å². The molecular formula is C20H28F3NO2. The lowest BCUT2D eigenvalue weighted by Gasteiger charge is -2.54. The van der Waals surface area contributed by atoms with Crippen LogP contribution in [0, 0.1) is 22.7 Å². The minimum absolute atomic E-state index is 0.0378. The second-order valence-electron chi connectivity index (χ2n) is 9.30. The number of nitrogens with zero attached hydrogens (tertiary/aromatic N) is 1. The molecule has 0 N–H and O–H groups in total. The highest BCUT2D eigenvalue weighted by molar-refractivity contribution is 6.00. The van der Waals surface area contributed by atoms with Crippen molar-refractivity contribution in [2.24, 2.45) is 22.7 Å². The molecule has 3 nitrogen and oxygen atoms in total. The van der Waals surface area contributed by atoms with Crippen molar-refractivity contribution >= 4 is 11.7 Å². The second kappa shape index (κ2) is 6.38. The van der Waals surface area contributed by atoms with Crippen LogP contribution in [0.3, 0.4) is 0 Å². The molecule has 0 radical (unpaired) electrons. The normalized spacial score (nSPS) is 30.8. The van der Waals surface area contributed by atoms with Gasteiger partial charge in [-0.2, -0.15) is 13.2 Å². The Balaban J connectivity index is 1.56. The highest BCUT2D eigenvalue weighted by Crippen LogP contribution is 2.48. The van der Waals surface area contributed by atoms with Crippen molar-refractivity contribution in [3.8, 4) is 0 Å². The van der Waals surface area contributed by atoms with Crippen LogP contribution in [0.5, 0.6) is 0 Å².